The molecule has 62 heavy (non-hydrogen) atoms. The first-order valence-electron chi connectivity index (χ1n) is 21.3. The molecule has 0 amide bonds. The van der Waals surface area contributed by atoms with Crippen LogP contribution in [0.5, 0.6) is 0 Å². The predicted octanol–water partition coefficient (Wildman–Crippen LogP) is 14.9. The summed E-state index contributed by atoms with van der Waals surface area (Å²) in [5.41, 5.74) is 15.8. The summed E-state index contributed by atoms with van der Waals surface area (Å²) in [5.74, 6) is 0.103. The molecule has 0 aliphatic heterocycles. The molecule has 0 N–H and O–H groups in total. The van der Waals surface area contributed by atoms with Crippen molar-refractivity contribution in [3.63, 3.8) is 0 Å². The van der Waals surface area contributed by atoms with E-state index in [2.05, 4.69) is 216 Å². The van der Waals surface area contributed by atoms with Crippen molar-refractivity contribution < 1.29 is 4.79 Å². The smallest absolute Gasteiger partial charge is 0.193 e. The number of carbonyl (C=O) groups excluding carboxylic acids is 1. The van der Waals surface area contributed by atoms with Crippen LogP contribution in [-0.2, 0) is 5.41 Å². The Bertz CT molecular complexity index is 3560. The molecule has 4 heteroatoms. The van der Waals surface area contributed by atoms with Crippen molar-refractivity contribution in [2.75, 3.05) is 4.90 Å². The molecule has 1 aliphatic rings. The fraction of sp³-hybridized carbons (Fsp3) is 0.0517. The highest BCUT2D eigenvalue weighted by molar-refractivity contribution is 6.14. The second kappa shape index (κ2) is 13.8. The molecule has 0 atom stereocenters. The summed E-state index contributed by atoms with van der Waals surface area (Å²) in [7, 11) is 0. The van der Waals surface area contributed by atoms with Crippen molar-refractivity contribution in [3.8, 4) is 22.5 Å². The molecule has 0 radical (unpaired) electrons. The Morgan fingerprint density at radius 3 is 1.66 bits per heavy atom. The zero-order valence-electron chi connectivity index (χ0n) is 34.5. The van der Waals surface area contributed by atoms with Crippen LogP contribution in [0, 0.1) is 0 Å². The van der Waals surface area contributed by atoms with Crippen LogP contribution in [0.25, 0.3) is 66.1 Å². The number of aromatic nitrogens is 2. The number of benzene rings is 9. The van der Waals surface area contributed by atoms with E-state index < -0.39 is 0 Å². The van der Waals surface area contributed by atoms with Crippen LogP contribution in [0.15, 0.2) is 212 Å². The van der Waals surface area contributed by atoms with Gasteiger partial charge in [0.2, 0.25) is 0 Å². The molecule has 0 fully saturated rings. The van der Waals surface area contributed by atoms with E-state index in [0.717, 1.165) is 78.4 Å². The molecule has 0 spiro atoms. The summed E-state index contributed by atoms with van der Waals surface area (Å²) < 4.78 is 4.76. The van der Waals surface area contributed by atoms with Gasteiger partial charge in [-0.1, -0.05) is 141 Å². The highest BCUT2D eigenvalue weighted by atomic mass is 16.1. The number of hydrogen-bond acceptors (Lipinski definition) is 2. The number of ketones is 1. The lowest BCUT2D eigenvalue weighted by atomic mass is 9.68. The first kappa shape index (κ1) is 35.9. The van der Waals surface area contributed by atoms with E-state index >= 15 is 0 Å². The fourth-order valence-electron chi connectivity index (χ4n) is 10.1. The molecule has 2 aromatic heterocycles. The highest BCUT2D eigenvalue weighted by Crippen LogP contribution is 2.44. The van der Waals surface area contributed by atoms with Crippen LogP contribution in [0.3, 0.4) is 0 Å². The topological polar surface area (TPSA) is 30.2 Å². The van der Waals surface area contributed by atoms with Crippen LogP contribution in [0.2, 0.25) is 0 Å². The molecule has 12 rings (SSSR count). The predicted molar refractivity (Wildman–Crippen MR) is 257 cm³/mol. The molecule has 11 aromatic rings. The first-order valence-corrected chi connectivity index (χ1v) is 21.3. The summed E-state index contributed by atoms with van der Waals surface area (Å²) in [5, 5.41) is 4.84. The van der Waals surface area contributed by atoms with E-state index in [1.54, 1.807) is 0 Å². The number of rotatable bonds is 6. The SMILES string of the molecule is CC1(C)c2ccccc2C(=O)c2ccc(-c3ccc(-n4c5ccccc5c5cc(N(c6ccccc6)c6ccc7c8ccccc8n(-c8ccccc8)c7c6)ccc54)cc3)cc21. The van der Waals surface area contributed by atoms with Crippen molar-refractivity contribution in [1.82, 2.24) is 9.13 Å². The Morgan fingerprint density at radius 2 is 0.903 bits per heavy atom. The summed E-state index contributed by atoms with van der Waals surface area (Å²) in [6.07, 6.45) is 0. The number of para-hydroxylation sites is 4. The molecule has 4 nitrogen and oxygen atoms in total. The van der Waals surface area contributed by atoms with E-state index in [4.69, 9.17) is 0 Å². The van der Waals surface area contributed by atoms with E-state index in [1.165, 1.54) is 27.1 Å². The van der Waals surface area contributed by atoms with Gasteiger partial charge < -0.3 is 14.0 Å². The molecular formula is C58H41N3O. The number of carbonyl (C=O) groups is 1. The Kier molecular flexibility index (Phi) is 8.00. The second-order valence-electron chi connectivity index (χ2n) is 16.9. The van der Waals surface area contributed by atoms with E-state index in [-0.39, 0.29) is 11.2 Å². The van der Waals surface area contributed by atoms with Crippen molar-refractivity contribution in [1.29, 1.82) is 0 Å². The molecule has 2 heterocycles. The van der Waals surface area contributed by atoms with Gasteiger partial charge in [0.25, 0.3) is 0 Å². The summed E-state index contributed by atoms with van der Waals surface area (Å²) in [4.78, 5) is 15.9. The number of hydrogen-bond donors (Lipinski definition) is 0. The van der Waals surface area contributed by atoms with Crippen molar-refractivity contribution in [3.05, 3.63) is 235 Å². The standard InChI is InChI=1S/C58H41N3O/c1-58(2)51-22-12-9-21-48(51)57(62)49-32-27-39(35-52(49)58)38-25-28-42(29-26-38)60-54-24-14-11-20-46(54)50-36-43(31-34-55(50)60)59(40-15-5-3-6-16-40)44-30-33-47-45-19-10-13-23-53(45)61(56(47)37-44)41-17-7-4-8-18-41/h3-37H,1-2H3. The van der Waals surface area contributed by atoms with Gasteiger partial charge in [-0.05, 0) is 107 Å². The van der Waals surface area contributed by atoms with E-state index in [9.17, 15) is 4.79 Å². The van der Waals surface area contributed by atoms with Crippen molar-refractivity contribution in [2.45, 2.75) is 19.3 Å². The van der Waals surface area contributed by atoms with Gasteiger partial charge in [0.15, 0.2) is 5.78 Å². The number of fused-ring (bicyclic) bond motifs is 8. The van der Waals surface area contributed by atoms with Crippen molar-refractivity contribution in [2.24, 2.45) is 0 Å². The van der Waals surface area contributed by atoms with Crippen LogP contribution in [-0.4, -0.2) is 14.9 Å². The third-order valence-electron chi connectivity index (χ3n) is 13.1. The first-order chi connectivity index (χ1) is 30.4. The molecule has 0 saturated carbocycles. The summed E-state index contributed by atoms with van der Waals surface area (Å²) >= 11 is 0. The largest absolute Gasteiger partial charge is 0.310 e. The molecule has 0 unspecified atom stereocenters. The van der Waals surface area contributed by atoms with Crippen molar-refractivity contribution >= 4 is 66.5 Å². The minimum absolute atomic E-state index is 0.103. The number of nitrogens with zero attached hydrogens (tertiary/aromatic N) is 3. The van der Waals surface area contributed by atoms with Gasteiger partial charge in [-0.15, -0.1) is 0 Å². The zero-order chi connectivity index (χ0) is 41.5. The lowest BCUT2D eigenvalue weighted by Gasteiger charge is -2.34. The van der Waals surface area contributed by atoms with Gasteiger partial charge in [-0.3, -0.25) is 4.79 Å². The van der Waals surface area contributed by atoms with E-state index in [0.29, 0.717) is 0 Å². The minimum Gasteiger partial charge on any atom is -0.310 e. The fourth-order valence-corrected chi connectivity index (χ4v) is 10.1. The Balaban J connectivity index is 0.970. The summed E-state index contributed by atoms with van der Waals surface area (Å²) in [6, 6.07) is 75.7. The maximum absolute atomic E-state index is 13.6. The third kappa shape index (κ3) is 5.43. The van der Waals surface area contributed by atoms with Gasteiger partial charge in [-0.2, -0.15) is 0 Å². The van der Waals surface area contributed by atoms with Crippen LogP contribution in [0.4, 0.5) is 17.1 Å². The van der Waals surface area contributed by atoms with Gasteiger partial charge >= 0.3 is 0 Å². The van der Waals surface area contributed by atoms with Crippen LogP contribution >= 0.6 is 0 Å². The lowest BCUT2D eigenvalue weighted by Crippen LogP contribution is -2.30. The molecule has 0 saturated heterocycles. The Labute approximate surface area is 360 Å². The second-order valence-corrected chi connectivity index (χ2v) is 16.9. The quantitative estimate of drug-likeness (QED) is 0.168. The number of anilines is 3. The summed E-state index contributed by atoms with van der Waals surface area (Å²) in [6.45, 7) is 4.45. The maximum atomic E-state index is 13.6. The zero-order valence-corrected chi connectivity index (χ0v) is 34.5. The van der Waals surface area contributed by atoms with Crippen LogP contribution < -0.4 is 4.90 Å². The van der Waals surface area contributed by atoms with Crippen LogP contribution in [0.1, 0.15) is 40.9 Å². The minimum atomic E-state index is -0.289. The van der Waals surface area contributed by atoms with Gasteiger partial charge in [-0.25, -0.2) is 0 Å². The average molecular weight is 796 g/mol. The Morgan fingerprint density at radius 1 is 0.371 bits per heavy atom. The highest BCUT2D eigenvalue weighted by Gasteiger charge is 2.36. The third-order valence-corrected chi connectivity index (χ3v) is 13.1. The lowest BCUT2D eigenvalue weighted by molar-refractivity contribution is 0.103. The van der Waals surface area contributed by atoms with Gasteiger partial charge in [0.1, 0.15) is 0 Å². The maximum Gasteiger partial charge on any atom is 0.193 e. The van der Waals surface area contributed by atoms with Gasteiger partial charge in [0.05, 0.1) is 22.1 Å². The van der Waals surface area contributed by atoms with Gasteiger partial charge in [0, 0.05) is 66.5 Å². The monoisotopic (exact) mass is 795 g/mol. The average Bonchev–Trinajstić information content (AvgIpc) is 3.84. The Hall–Kier alpha value is -7.95. The molecule has 294 valence electrons. The molecular weight excluding hydrogens is 755 g/mol. The molecule has 1 aliphatic carbocycles. The molecule has 0 bridgehead atoms. The normalized spacial score (nSPS) is 13.2. The molecule has 9 aromatic carbocycles. The van der Waals surface area contributed by atoms with E-state index in [1.807, 2.05) is 24.3 Å².